The van der Waals surface area contributed by atoms with E-state index in [1.54, 1.807) is 0 Å². The number of primary sulfonamides is 1. The van der Waals surface area contributed by atoms with E-state index in [1.807, 2.05) is 0 Å². The van der Waals surface area contributed by atoms with Gasteiger partial charge < -0.3 is 5.32 Å². The Balaban J connectivity index is 2.15. The Morgan fingerprint density at radius 3 is 2.41 bits per heavy atom. The Labute approximate surface area is 131 Å². The van der Waals surface area contributed by atoms with Crippen molar-refractivity contribution in [1.29, 1.82) is 0 Å². The minimum absolute atomic E-state index is 0.0578. The lowest BCUT2D eigenvalue weighted by molar-refractivity contribution is 0.0950. The largest absolute Gasteiger partial charge is 0.348 e. The molecule has 0 aliphatic carbocycles. The first kappa shape index (κ1) is 16.4. The summed E-state index contributed by atoms with van der Waals surface area (Å²) in [4.78, 5) is 11.7. The fourth-order valence-corrected chi connectivity index (χ4v) is 2.82. The normalized spacial score (nSPS) is 11.2. The van der Waals surface area contributed by atoms with Crippen LogP contribution in [0.1, 0.15) is 15.9 Å². The van der Waals surface area contributed by atoms with Crippen LogP contribution in [0.5, 0.6) is 0 Å². The summed E-state index contributed by atoms with van der Waals surface area (Å²) in [6.07, 6.45) is 0. The van der Waals surface area contributed by atoms with Gasteiger partial charge in [0.05, 0.1) is 5.02 Å². The van der Waals surface area contributed by atoms with E-state index in [-0.39, 0.29) is 27.8 Å². The molecule has 2 rings (SSSR count). The van der Waals surface area contributed by atoms with Crippen molar-refractivity contribution < 1.29 is 17.6 Å². The van der Waals surface area contributed by atoms with Crippen LogP contribution in [0.2, 0.25) is 5.02 Å². The summed E-state index contributed by atoms with van der Waals surface area (Å²) in [5, 5.41) is 7.56. The molecule has 0 saturated carbocycles. The molecule has 116 valence electrons. The van der Waals surface area contributed by atoms with Crippen LogP contribution in [0, 0.1) is 5.82 Å². The fourth-order valence-electron chi connectivity index (χ4n) is 1.75. The Bertz CT molecular complexity index is 807. The molecule has 1 amide bonds. The molecule has 0 saturated heterocycles. The van der Waals surface area contributed by atoms with Crippen molar-refractivity contribution in [2.75, 3.05) is 0 Å². The number of nitrogens with one attached hydrogen (secondary N) is 1. The van der Waals surface area contributed by atoms with E-state index in [0.29, 0.717) is 5.56 Å². The second-order valence-corrected chi connectivity index (χ2v) is 6.44. The topological polar surface area (TPSA) is 89.3 Å². The van der Waals surface area contributed by atoms with Crippen molar-refractivity contribution in [3.63, 3.8) is 0 Å². The predicted octanol–water partition coefficient (Wildman–Crippen LogP) is 2.06. The van der Waals surface area contributed by atoms with E-state index in [0.717, 1.165) is 6.07 Å². The van der Waals surface area contributed by atoms with Gasteiger partial charge >= 0.3 is 0 Å². The number of rotatable bonds is 4. The van der Waals surface area contributed by atoms with Crippen molar-refractivity contribution in [1.82, 2.24) is 5.32 Å². The number of sulfonamides is 1. The Kier molecular flexibility index (Phi) is 4.80. The number of benzene rings is 2. The first-order chi connectivity index (χ1) is 10.3. The van der Waals surface area contributed by atoms with Crippen molar-refractivity contribution in [2.45, 2.75) is 11.4 Å². The Morgan fingerprint density at radius 2 is 1.82 bits per heavy atom. The van der Waals surface area contributed by atoms with Crippen molar-refractivity contribution >= 4 is 27.5 Å². The quantitative estimate of drug-likeness (QED) is 0.891. The average molecular weight is 343 g/mol. The molecule has 0 radical (unpaired) electrons. The summed E-state index contributed by atoms with van der Waals surface area (Å²) >= 11 is 5.75. The minimum Gasteiger partial charge on any atom is -0.348 e. The van der Waals surface area contributed by atoms with Gasteiger partial charge in [-0.05, 0) is 35.9 Å². The highest BCUT2D eigenvalue weighted by Crippen LogP contribution is 2.21. The Morgan fingerprint density at radius 1 is 1.18 bits per heavy atom. The molecule has 2 aromatic carbocycles. The van der Waals surface area contributed by atoms with Crippen LogP contribution in [0.3, 0.4) is 0 Å². The number of nitrogens with two attached hydrogens (primary N) is 1. The van der Waals surface area contributed by atoms with E-state index in [4.69, 9.17) is 16.7 Å². The lowest BCUT2D eigenvalue weighted by Gasteiger charge is -2.08. The van der Waals surface area contributed by atoms with Gasteiger partial charge in [-0.15, -0.1) is 0 Å². The van der Waals surface area contributed by atoms with Gasteiger partial charge in [-0.1, -0.05) is 23.7 Å². The zero-order valence-corrected chi connectivity index (χ0v) is 12.8. The first-order valence-electron chi connectivity index (χ1n) is 6.12. The molecule has 0 heterocycles. The molecule has 0 aliphatic rings. The third kappa shape index (κ3) is 4.03. The molecule has 2 aromatic rings. The first-order valence-corrected chi connectivity index (χ1v) is 8.05. The van der Waals surface area contributed by atoms with E-state index in [9.17, 15) is 17.6 Å². The van der Waals surface area contributed by atoms with Crippen molar-refractivity contribution in [3.05, 3.63) is 64.4 Å². The molecule has 0 bridgehead atoms. The van der Waals surface area contributed by atoms with E-state index in [1.165, 1.54) is 36.4 Å². The average Bonchev–Trinajstić information content (AvgIpc) is 2.45. The fraction of sp³-hybridized carbons (Fsp3) is 0.0714. The summed E-state index contributed by atoms with van der Waals surface area (Å²) in [7, 11) is -4.01. The highest BCUT2D eigenvalue weighted by molar-refractivity contribution is 7.89. The maximum Gasteiger partial charge on any atom is 0.251 e. The van der Waals surface area contributed by atoms with E-state index < -0.39 is 15.9 Å². The van der Waals surface area contributed by atoms with Gasteiger partial charge in [0.1, 0.15) is 10.7 Å². The molecular formula is C14H12ClFN2O3S. The van der Waals surface area contributed by atoms with Gasteiger partial charge in [0, 0.05) is 12.1 Å². The molecule has 5 nitrogen and oxygen atoms in total. The molecule has 8 heteroatoms. The third-order valence-corrected chi connectivity index (χ3v) is 4.26. The van der Waals surface area contributed by atoms with Crippen LogP contribution in [0.25, 0.3) is 0 Å². The molecule has 0 aliphatic heterocycles. The standard InChI is InChI=1S/C14H12ClFN2O3S/c15-12-6-3-10(7-13(12)22(17,20)21)14(19)18-8-9-1-4-11(16)5-2-9/h1-7H,8H2,(H,18,19)(H2,17,20,21). The molecular weight excluding hydrogens is 331 g/mol. The summed E-state index contributed by atoms with van der Waals surface area (Å²) in [6.45, 7) is 0.173. The van der Waals surface area contributed by atoms with Gasteiger partial charge in [-0.2, -0.15) is 0 Å². The van der Waals surface area contributed by atoms with E-state index >= 15 is 0 Å². The van der Waals surface area contributed by atoms with Crippen LogP contribution >= 0.6 is 11.6 Å². The van der Waals surface area contributed by atoms with E-state index in [2.05, 4.69) is 5.32 Å². The van der Waals surface area contributed by atoms with Gasteiger partial charge in [0.15, 0.2) is 0 Å². The van der Waals surface area contributed by atoms with Gasteiger partial charge in [0.25, 0.3) is 5.91 Å². The maximum atomic E-state index is 12.8. The van der Waals surface area contributed by atoms with Crippen molar-refractivity contribution in [3.8, 4) is 0 Å². The summed E-state index contributed by atoms with van der Waals surface area (Å²) in [6, 6.07) is 9.41. The van der Waals surface area contributed by atoms with Gasteiger partial charge in [-0.3, -0.25) is 4.79 Å². The molecule has 22 heavy (non-hydrogen) atoms. The summed E-state index contributed by atoms with van der Waals surface area (Å²) in [5.41, 5.74) is 0.811. The number of amides is 1. The lowest BCUT2D eigenvalue weighted by Crippen LogP contribution is -2.23. The van der Waals surface area contributed by atoms with Gasteiger partial charge in [0.2, 0.25) is 10.0 Å². The van der Waals surface area contributed by atoms with Gasteiger partial charge in [-0.25, -0.2) is 17.9 Å². The third-order valence-electron chi connectivity index (χ3n) is 2.87. The highest BCUT2D eigenvalue weighted by Gasteiger charge is 2.16. The number of carbonyl (C=O) groups is 1. The highest BCUT2D eigenvalue weighted by atomic mass is 35.5. The minimum atomic E-state index is -4.01. The zero-order chi connectivity index (χ0) is 16.3. The van der Waals surface area contributed by atoms with Crippen LogP contribution in [0.4, 0.5) is 4.39 Å². The Hall–Kier alpha value is -1.96. The molecule has 0 fully saturated rings. The summed E-state index contributed by atoms with van der Waals surface area (Å²) < 4.78 is 35.5. The summed E-state index contributed by atoms with van der Waals surface area (Å²) in [5.74, 6) is -0.864. The predicted molar refractivity (Wildman–Crippen MR) is 80.4 cm³/mol. The molecule has 3 N–H and O–H groups in total. The zero-order valence-electron chi connectivity index (χ0n) is 11.2. The van der Waals surface area contributed by atoms with Crippen LogP contribution in [-0.4, -0.2) is 14.3 Å². The van der Waals surface area contributed by atoms with Crippen molar-refractivity contribution in [2.24, 2.45) is 5.14 Å². The number of hydrogen-bond donors (Lipinski definition) is 2. The SMILES string of the molecule is NS(=O)(=O)c1cc(C(=O)NCc2ccc(F)cc2)ccc1Cl. The smallest absolute Gasteiger partial charge is 0.251 e. The molecule has 0 aromatic heterocycles. The number of carbonyl (C=O) groups excluding carboxylic acids is 1. The monoisotopic (exact) mass is 342 g/mol. The molecule has 0 unspecified atom stereocenters. The van der Waals surface area contributed by atoms with Crippen LogP contribution in [0.15, 0.2) is 47.4 Å². The van der Waals surface area contributed by atoms with Crippen LogP contribution in [-0.2, 0) is 16.6 Å². The lowest BCUT2D eigenvalue weighted by atomic mass is 10.2. The second-order valence-electron chi connectivity index (χ2n) is 4.50. The molecule has 0 spiro atoms. The number of hydrogen-bond acceptors (Lipinski definition) is 3. The number of halogens is 2. The maximum absolute atomic E-state index is 12.8. The second kappa shape index (κ2) is 6.43. The van der Waals surface area contributed by atoms with Crippen LogP contribution < -0.4 is 10.5 Å². The molecule has 0 atom stereocenters.